The Morgan fingerprint density at radius 3 is 1.93 bits per heavy atom. The topological polar surface area (TPSA) is 68.2 Å². The van der Waals surface area contributed by atoms with Gasteiger partial charge in [0, 0.05) is 16.7 Å². The van der Waals surface area contributed by atoms with Gasteiger partial charge in [-0.1, -0.05) is 18.1 Å². The van der Waals surface area contributed by atoms with Gasteiger partial charge in [0.05, 0.1) is 13.2 Å². The predicted molar refractivity (Wildman–Crippen MR) is 120 cm³/mol. The second-order valence-corrected chi connectivity index (χ2v) is 16.3. The summed E-state index contributed by atoms with van der Waals surface area (Å²) in [6.07, 6.45) is 5.43. The molecule has 0 amide bonds. The number of ether oxygens (including phenoxy) is 1. The van der Waals surface area contributed by atoms with Crippen molar-refractivity contribution in [1.29, 1.82) is 0 Å². The van der Waals surface area contributed by atoms with Gasteiger partial charge in [0.25, 0.3) is 0 Å². The molecule has 0 heterocycles. The Kier molecular flexibility index (Phi) is 7.69. The Morgan fingerprint density at radius 2 is 1.48 bits per heavy atom. The van der Waals surface area contributed by atoms with Crippen LogP contribution in [0.5, 0.6) is 11.5 Å². The minimum absolute atomic E-state index is 0.221. The van der Waals surface area contributed by atoms with Crippen molar-refractivity contribution in [3.05, 3.63) is 58.7 Å². The Labute approximate surface area is 175 Å². The maximum Gasteiger partial charge on any atom is 0.382 e. The van der Waals surface area contributed by atoms with Gasteiger partial charge in [0.15, 0.2) is 8.32 Å². The summed E-state index contributed by atoms with van der Waals surface area (Å²) in [6.45, 7) is 10.4. The van der Waals surface area contributed by atoms with Crippen LogP contribution in [0.25, 0.3) is 0 Å². The summed E-state index contributed by atoms with van der Waals surface area (Å²) >= 11 is 0. The van der Waals surface area contributed by atoms with Crippen LogP contribution in [0.3, 0.4) is 0 Å². The zero-order chi connectivity index (χ0) is 21.7. The Morgan fingerprint density at radius 1 is 0.931 bits per heavy atom. The van der Waals surface area contributed by atoms with Crippen LogP contribution < -0.4 is 9.16 Å². The standard InChI is InChI=1S/C22H30O5Si2/c1-7-17-12-19(14-23)22(20(13-17)15-24)25-16-18-8-10-21(11-9-18)26-29(5,6)27-28(2,3)4/h1,8-13,23-24H,14-16H2,2-6H3. The van der Waals surface area contributed by atoms with Crippen molar-refractivity contribution in [2.24, 2.45) is 0 Å². The first-order valence-corrected chi connectivity index (χ1v) is 15.7. The minimum Gasteiger partial charge on any atom is -0.521 e. The molecular formula is C22H30O5Si2. The van der Waals surface area contributed by atoms with Gasteiger partial charge in [-0.3, -0.25) is 0 Å². The summed E-state index contributed by atoms with van der Waals surface area (Å²) in [7, 11) is -3.91. The summed E-state index contributed by atoms with van der Waals surface area (Å²) in [5, 5.41) is 19.3. The summed E-state index contributed by atoms with van der Waals surface area (Å²) in [4.78, 5) is 0. The first-order chi connectivity index (χ1) is 13.6. The molecule has 2 rings (SSSR count). The van der Waals surface area contributed by atoms with Crippen LogP contribution >= 0.6 is 0 Å². The van der Waals surface area contributed by atoms with E-state index >= 15 is 0 Å². The van der Waals surface area contributed by atoms with Crippen molar-refractivity contribution in [3.8, 4) is 23.8 Å². The van der Waals surface area contributed by atoms with E-state index in [0.717, 1.165) is 11.3 Å². The van der Waals surface area contributed by atoms with Crippen molar-refractivity contribution in [2.45, 2.75) is 52.6 Å². The Hall–Kier alpha value is -2.09. The predicted octanol–water partition coefficient (Wildman–Crippen LogP) is 4.16. The Balaban J connectivity index is 2.09. The number of benzene rings is 2. The molecule has 0 bridgehead atoms. The molecule has 7 heteroatoms. The molecule has 2 aromatic carbocycles. The molecule has 0 aliphatic rings. The minimum atomic E-state index is -2.24. The van der Waals surface area contributed by atoms with E-state index in [4.69, 9.17) is 19.7 Å². The third-order valence-electron chi connectivity index (χ3n) is 3.97. The zero-order valence-electron chi connectivity index (χ0n) is 17.8. The summed E-state index contributed by atoms with van der Waals surface area (Å²) < 4.78 is 18.2. The maximum absolute atomic E-state index is 9.63. The lowest BCUT2D eigenvalue weighted by Crippen LogP contribution is -2.47. The van der Waals surface area contributed by atoms with Crippen LogP contribution in [0.15, 0.2) is 36.4 Å². The second-order valence-electron chi connectivity index (χ2n) is 8.23. The van der Waals surface area contributed by atoms with E-state index in [0.29, 0.717) is 29.0 Å². The normalized spacial score (nSPS) is 11.8. The monoisotopic (exact) mass is 430 g/mol. The van der Waals surface area contributed by atoms with Crippen LogP contribution in [0.2, 0.25) is 32.7 Å². The molecule has 156 valence electrons. The van der Waals surface area contributed by atoms with E-state index in [9.17, 15) is 10.2 Å². The van der Waals surface area contributed by atoms with Crippen molar-refractivity contribution < 1.29 is 23.5 Å². The summed E-state index contributed by atoms with van der Waals surface area (Å²) in [5.41, 5.74) is 2.65. The highest BCUT2D eigenvalue weighted by molar-refractivity contribution is 6.81. The highest BCUT2D eigenvalue weighted by Crippen LogP contribution is 2.28. The highest BCUT2D eigenvalue weighted by Gasteiger charge is 2.33. The maximum atomic E-state index is 9.63. The third kappa shape index (κ3) is 7.03. The smallest absolute Gasteiger partial charge is 0.382 e. The van der Waals surface area contributed by atoms with E-state index in [1.54, 1.807) is 12.1 Å². The highest BCUT2D eigenvalue weighted by atomic mass is 28.4. The van der Waals surface area contributed by atoms with E-state index in [1.165, 1.54) is 0 Å². The fourth-order valence-electron chi connectivity index (χ4n) is 3.11. The van der Waals surface area contributed by atoms with E-state index < -0.39 is 16.9 Å². The fraction of sp³-hybridized carbons (Fsp3) is 0.364. The van der Waals surface area contributed by atoms with Crippen molar-refractivity contribution in [1.82, 2.24) is 0 Å². The van der Waals surface area contributed by atoms with Gasteiger partial charge in [-0.25, -0.2) is 0 Å². The number of aliphatic hydroxyl groups is 2. The molecule has 0 spiro atoms. The molecule has 2 aromatic rings. The van der Waals surface area contributed by atoms with Gasteiger partial charge in [-0.15, -0.1) is 6.42 Å². The zero-order valence-corrected chi connectivity index (χ0v) is 19.8. The number of terminal acetylenes is 1. The average molecular weight is 431 g/mol. The quantitative estimate of drug-likeness (QED) is 0.462. The largest absolute Gasteiger partial charge is 0.521 e. The van der Waals surface area contributed by atoms with Crippen molar-refractivity contribution in [2.75, 3.05) is 0 Å². The van der Waals surface area contributed by atoms with Gasteiger partial charge in [0.1, 0.15) is 18.1 Å². The molecule has 5 nitrogen and oxygen atoms in total. The van der Waals surface area contributed by atoms with E-state index in [-0.39, 0.29) is 13.2 Å². The van der Waals surface area contributed by atoms with E-state index in [2.05, 4.69) is 38.7 Å². The van der Waals surface area contributed by atoms with Crippen molar-refractivity contribution in [3.63, 3.8) is 0 Å². The number of rotatable bonds is 9. The molecule has 0 radical (unpaired) electrons. The van der Waals surface area contributed by atoms with Gasteiger partial charge in [-0.2, -0.15) is 0 Å². The molecule has 0 aliphatic carbocycles. The lowest BCUT2D eigenvalue weighted by molar-refractivity contribution is 0.242. The van der Waals surface area contributed by atoms with Crippen LogP contribution in [0, 0.1) is 12.3 Å². The average Bonchev–Trinajstić information content (AvgIpc) is 2.64. The molecule has 29 heavy (non-hydrogen) atoms. The summed E-state index contributed by atoms with van der Waals surface area (Å²) in [6, 6.07) is 11.1. The van der Waals surface area contributed by atoms with Crippen molar-refractivity contribution >= 4 is 16.9 Å². The van der Waals surface area contributed by atoms with Gasteiger partial charge in [-0.05, 0) is 62.6 Å². The fourth-order valence-corrected chi connectivity index (χ4v) is 9.88. The number of aliphatic hydroxyl groups excluding tert-OH is 2. The molecule has 0 fully saturated rings. The Bertz CT molecular complexity index is 839. The first-order valence-electron chi connectivity index (χ1n) is 9.52. The van der Waals surface area contributed by atoms with E-state index in [1.807, 2.05) is 24.3 Å². The van der Waals surface area contributed by atoms with Crippen LogP contribution in [-0.2, 0) is 23.9 Å². The molecule has 0 unspecified atom stereocenters. The SMILES string of the molecule is C#Cc1cc(CO)c(OCc2ccc(O[Si](C)(C)O[Si](C)(C)C)cc2)c(CO)c1. The number of hydrogen-bond donors (Lipinski definition) is 2. The van der Waals surface area contributed by atoms with Gasteiger partial charge in [0.2, 0.25) is 0 Å². The second kappa shape index (κ2) is 9.61. The molecule has 0 aliphatic heterocycles. The lowest BCUT2D eigenvalue weighted by atomic mass is 10.0. The van der Waals surface area contributed by atoms with Gasteiger partial charge >= 0.3 is 8.56 Å². The number of hydrogen-bond acceptors (Lipinski definition) is 5. The van der Waals surface area contributed by atoms with Crippen LogP contribution in [0.1, 0.15) is 22.3 Å². The first kappa shape index (κ1) is 23.2. The molecule has 0 saturated carbocycles. The molecule has 0 saturated heterocycles. The molecule has 0 atom stereocenters. The van der Waals surface area contributed by atoms with Crippen LogP contribution in [-0.4, -0.2) is 27.1 Å². The molecule has 0 aromatic heterocycles. The third-order valence-corrected chi connectivity index (χ3v) is 9.12. The summed E-state index contributed by atoms with van der Waals surface area (Å²) in [5.74, 6) is 3.76. The lowest BCUT2D eigenvalue weighted by Gasteiger charge is -2.31. The molecular weight excluding hydrogens is 400 g/mol. The van der Waals surface area contributed by atoms with Crippen LogP contribution in [0.4, 0.5) is 0 Å². The van der Waals surface area contributed by atoms with Gasteiger partial charge < -0.3 is 23.5 Å². The molecule has 2 N–H and O–H groups in total.